The number of hydrogen-bond donors (Lipinski definition) is 0. The Bertz CT molecular complexity index is 359. The monoisotopic (exact) mass is 310 g/mol. The second-order valence-electron chi connectivity index (χ2n) is 5.48. The van der Waals surface area contributed by atoms with Crippen LogP contribution in [-0.2, 0) is 10.2 Å². The van der Waals surface area contributed by atoms with Gasteiger partial charge in [-0.05, 0) is 24.7 Å². The van der Waals surface area contributed by atoms with E-state index in [0.29, 0.717) is 37.4 Å². The van der Waals surface area contributed by atoms with Crippen LogP contribution in [0.25, 0.3) is 0 Å². The summed E-state index contributed by atoms with van der Waals surface area (Å²) in [6.07, 6.45) is 4.92. The van der Waals surface area contributed by atoms with Gasteiger partial charge in [0, 0.05) is 32.6 Å². The summed E-state index contributed by atoms with van der Waals surface area (Å²) < 4.78 is 27.8. The molecule has 114 valence electrons. The summed E-state index contributed by atoms with van der Waals surface area (Å²) in [4.78, 5) is 0. The van der Waals surface area contributed by atoms with Gasteiger partial charge in [0.15, 0.2) is 0 Å². The molecule has 0 spiro atoms. The standard InChI is InChI=1S/C13H27ClN2O2S/c1-4-13(5-2)7-11-16(12-8-13)19(17,18)15(3)10-6-9-14/h4-12H2,1-3H3. The summed E-state index contributed by atoms with van der Waals surface area (Å²) in [5.74, 6) is 0.495. The van der Waals surface area contributed by atoms with E-state index in [9.17, 15) is 8.42 Å². The molecule has 0 saturated carbocycles. The molecule has 0 radical (unpaired) electrons. The number of rotatable bonds is 7. The molecule has 0 aromatic carbocycles. The van der Waals surface area contributed by atoms with Crippen molar-refractivity contribution in [2.75, 3.05) is 32.6 Å². The minimum absolute atomic E-state index is 0.348. The largest absolute Gasteiger partial charge is 0.281 e. The third-order valence-corrected chi connectivity index (χ3v) is 6.87. The van der Waals surface area contributed by atoms with Gasteiger partial charge in [0.25, 0.3) is 10.2 Å². The van der Waals surface area contributed by atoms with Gasteiger partial charge in [0.1, 0.15) is 0 Å². The van der Waals surface area contributed by atoms with Crippen molar-refractivity contribution in [3.8, 4) is 0 Å². The van der Waals surface area contributed by atoms with E-state index in [1.807, 2.05) is 0 Å². The molecule has 0 aromatic heterocycles. The maximum absolute atomic E-state index is 12.4. The van der Waals surface area contributed by atoms with Crippen LogP contribution < -0.4 is 0 Å². The summed E-state index contributed by atoms with van der Waals surface area (Å²) in [7, 11) is -1.65. The first-order valence-corrected chi connectivity index (χ1v) is 9.12. The fourth-order valence-electron chi connectivity index (χ4n) is 2.74. The van der Waals surface area contributed by atoms with Gasteiger partial charge in [-0.1, -0.05) is 26.7 Å². The summed E-state index contributed by atoms with van der Waals surface area (Å²) in [6, 6.07) is 0. The second-order valence-corrected chi connectivity index (χ2v) is 7.89. The lowest BCUT2D eigenvalue weighted by molar-refractivity contribution is 0.138. The van der Waals surface area contributed by atoms with Crippen LogP contribution in [0.5, 0.6) is 0 Å². The molecular formula is C13H27ClN2O2S. The normalized spacial score (nSPS) is 20.9. The van der Waals surface area contributed by atoms with Gasteiger partial charge in [-0.15, -0.1) is 11.6 Å². The van der Waals surface area contributed by atoms with Crippen molar-refractivity contribution in [1.82, 2.24) is 8.61 Å². The number of piperidine rings is 1. The fourth-order valence-corrected chi connectivity index (χ4v) is 4.26. The first kappa shape index (κ1) is 17.2. The summed E-state index contributed by atoms with van der Waals surface area (Å²) >= 11 is 5.62. The highest BCUT2D eigenvalue weighted by molar-refractivity contribution is 7.86. The summed E-state index contributed by atoms with van der Waals surface area (Å²) in [6.45, 7) is 6.21. The molecule has 1 aliphatic rings. The third-order valence-electron chi connectivity index (χ3n) is 4.61. The van der Waals surface area contributed by atoms with E-state index in [2.05, 4.69) is 13.8 Å². The maximum Gasteiger partial charge on any atom is 0.281 e. The zero-order chi connectivity index (χ0) is 14.5. The Hall–Kier alpha value is 0.160. The molecule has 6 heteroatoms. The number of halogens is 1. The highest BCUT2D eigenvalue weighted by Gasteiger charge is 2.36. The molecule has 4 nitrogen and oxygen atoms in total. The van der Waals surface area contributed by atoms with E-state index in [4.69, 9.17) is 11.6 Å². The first-order valence-electron chi connectivity index (χ1n) is 7.19. The smallest absolute Gasteiger partial charge is 0.195 e. The van der Waals surface area contributed by atoms with Crippen LogP contribution in [0.3, 0.4) is 0 Å². The predicted octanol–water partition coefficient (Wildman–Crippen LogP) is 2.69. The molecule has 0 aliphatic carbocycles. The molecule has 0 aromatic rings. The van der Waals surface area contributed by atoms with Crippen LogP contribution in [-0.4, -0.2) is 49.6 Å². The third kappa shape index (κ3) is 4.06. The molecule has 0 bridgehead atoms. The topological polar surface area (TPSA) is 40.6 Å². The van der Waals surface area contributed by atoms with E-state index in [1.54, 1.807) is 11.4 Å². The number of hydrogen-bond acceptors (Lipinski definition) is 2. The van der Waals surface area contributed by atoms with Crippen molar-refractivity contribution < 1.29 is 8.42 Å². The van der Waals surface area contributed by atoms with Crippen LogP contribution in [0.1, 0.15) is 46.0 Å². The Labute approximate surface area is 123 Å². The molecular weight excluding hydrogens is 284 g/mol. The highest BCUT2D eigenvalue weighted by Crippen LogP contribution is 2.38. The van der Waals surface area contributed by atoms with E-state index in [-0.39, 0.29) is 0 Å². The molecule has 0 unspecified atom stereocenters. The van der Waals surface area contributed by atoms with Crippen LogP contribution in [0.2, 0.25) is 0 Å². The van der Waals surface area contributed by atoms with Crippen LogP contribution in [0.4, 0.5) is 0 Å². The lowest BCUT2D eigenvalue weighted by Crippen LogP contribution is -2.48. The number of alkyl halides is 1. The predicted molar refractivity (Wildman–Crippen MR) is 80.7 cm³/mol. The molecule has 0 amide bonds. The summed E-state index contributed by atoms with van der Waals surface area (Å²) in [5.41, 5.74) is 0.348. The quantitative estimate of drug-likeness (QED) is 0.678. The van der Waals surface area contributed by atoms with Crippen molar-refractivity contribution in [3.05, 3.63) is 0 Å². The second kappa shape index (κ2) is 7.25. The lowest BCUT2D eigenvalue weighted by atomic mass is 9.75. The Morgan fingerprint density at radius 3 is 2.16 bits per heavy atom. The van der Waals surface area contributed by atoms with E-state index < -0.39 is 10.2 Å². The molecule has 1 saturated heterocycles. The molecule has 1 heterocycles. The van der Waals surface area contributed by atoms with Gasteiger partial charge in [0.2, 0.25) is 0 Å². The van der Waals surface area contributed by atoms with Gasteiger partial charge in [-0.2, -0.15) is 17.0 Å². The molecule has 0 atom stereocenters. The Kier molecular flexibility index (Phi) is 6.57. The van der Waals surface area contributed by atoms with Crippen LogP contribution in [0.15, 0.2) is 0 Å². The van der Waals surface area contributed by atoms with Gasteiger partial charge in [0.05, 0.1) is 0 Å². The van der Waals surface area contributed by atoms with Crippen LogP contribution in [0, 0.1) is 5.41 Å². The Morgan fingerprint density at radius 1 is 1.21 bits per heavy atom. The minimum Gasteiger partial charge on any atom is -0.195 e. The van der Waals surface area contributed by atoms with Gasteiger partial charge in [-0.3, -0.25) is 0 Å². The average Bonchev–Trinajstić information content (AvgIpc) is 2.44. The van der Waals surface area contributed by atoms with Crippen LogP contribution >= 0.6 is 11.6 Å². The average molecular weight is 311 g/mol. The SMILES string of the molecule is CCC1(CC)CCN(S(=O)(=O)N(C)CCCCl)CC1. The molecule has 1 aliphatic heterocycles. The Balaban J connectivity index is 2.63. The lowest BCUT2D eigenvalue weighted by Gasteiger charge is -2.41. The zero-order valence-corrected chi connectivity index (χ0v) is 13.9. The van der Waals surface area contributed by atoms with E-state index >= 15 is 0 Å². The number of nitrogens with zero attached hydrogens (tertiary/aromatic N) is 2. The fraction of sp³-hybridized carbons (Fsp3) is 1.00. The van der Waals surface area contributed by atoms with Crippen molar-refractivity contribution in [2.45, 2.75) is 46.0 Å². The Morgan fingerprint density at radius 2 is 1.74 bits per heavy atom. The molecule has 0 N–H and O–H groups in total. The van der Waals surface area contributed by atoms with Crippen molar-refractivity contribution in [1.29, 1.82) is 0 Å². The summed E-state index contributed by atoms with van der Waals surface area (Å²) in [5, 5.41) is 0. The highest BCUT2D eigenvalue weighted by atomic mass is 35.5. The van der Waals surface area contributed by atoms with Gasteiger partial charge < -0.3 is 0 Å². The van der Waals surface area contributed by atoms with Gasteiger partial charge in [-0.25, -0.2) is 0 Å². The maximum atomic E-state index is 12.4. The van der Waals surface area contributed by atoms with Crippen molar-refractivity contribution >= 4 is 21.8 Å². The molecule has 1 rings (SSSR count). The zero-order valence-electron chi connectivity index (χ0n) is 12.4. The van der Waals surface area contributed by atoms with Gasteiger partial charge >= 0.3 is 0 Å². The van der Waals surface area contributed by atoms with E-state index in [0.717, 1.165) is 25.7 Å². The van der Waals surface area contributed by atoms with Crippen molar-refractivity contribution in [3.63, 3.8) is 0 Å². The molecule has 1 fully saturated rings. The van der Waals surface area contributed by atoms with Crippen molar-refractivity contribution in [2.24, 2.45) is 5.41 Å². The van der Waals surface area contributed by atoms with E-state index in [1.165, 1.54) is 4.31 Å². The first-order chi connectivity index (χ1) is 8.91. The minimum atomic E-state index is -3.29. The molecule has 19 heavy (non-hydrogen) atoms.